The number of aryl methyl sites for hydroxylation is 2. The van der Waals surface area contributed by atoms with Gasteiger partial charge in [0.2, 0.25) is 11.8 Å². The number of benzene rings is 3. The van der Waals surface area contributed by atoms with Gasteiger partial charge in [-0.1, -0.05) is 63.8 Å². The van der Waals surface area contributed by atoms with Gasteiger partial charge < -0.3 is 53.2 Å². The minimum Gasteiger partial charge on any atom is -0.492 e. The van der Waals surface area contributed by atoms with Crippen molar-refractivity contribution in [3.8, 4) is 22.6 Å². The van der Waals surface area contributed by atoms with Crippen LogP contribution in [0.15, 0.2) is 54.6 Å². The quantitative estimate of drug-likeness (QED) is 0.0428. The number of rotatable bonds is 24. The van der Waals surface area contributed by atoms with E-state index in [1.54, 1.807) is 32.0 Å². The van der Waals surface area contributed by atoms with Crippen molar-refractivity contribution < 1.29 is 47.9 Å². The monoisotopic (exact) mass is 999 g/mol. The summed E-state index contributed by atoms with van der Waals surface area (Å²) in [5.41, 5.74) is 29.6. The number of primary amides is 1. The van der Waals surface area contributed by atoms with Crippen molar-refractivity contribution in [2.45, 2.75) is 142 Å². The van der Waals surface area contributed by atoms with Crippen LogP contribution in [0.2, 0.25) is 0 Å². The molecule has 3 aromatic rings. The van der Waals surface area contributed by atoms with Crippen molar-refractivity contribution in [2.24, 2.45) is 34.8 Å². The van der Waals surface area contributed by atoms with E-state index in [-0.39, 0.29) is 95.3 Å². The van der Waals surface area contributed by atoms with Crippen LogP contribution in [0.5, 0.6) is 11.5 Å². The molecule has 1 aliphatic rings. The van der Waals surface area contributed by atoms with Crippen LogP contribution in [-0.4, -0.2) is 92.3 Å². The van der Waals surface area contributed by atoms with Crippen molar-refractivity contribution in [2.75, 3.05) is 32.8 Å². The zero-order valence-electron chi connectivity index (χ0n) is 42.8. The molecule has 0 fully saturated rings. The molecule has 1 aliphatic heterocycles. The third kappa shape index (κ3) is 17.7. The summed E-state index contributed by atoms with van der Waals surface area (Å²) in [6.07, 6.45) is 6.98. The Hall–Kier alpha value is -6.37. The molecule has 394 valence electrons. The molecular weight excluding hydrogens is 921 g/mol. The predicted molar refractivity (Wildman–Crippen MR) is 276 cm³/mol. The highest BCUT2D eigenvalue weighted by atomic mass is 16.7. The summed E-state index contributed by atoms with van der Waals surface area (Å²) < 4.78 is 12.4. The Labute approximate surface area is 424 Å². The minimum absolute atomic E-state index is 0.0371. The van der Waals surface area contributed by atoms with Crippen LogP contribution in [0.1, 0.15) is 137 Å². The molecule has 0 spiro atoms. The zero-order valence-corrected chi connectivity index (χ0v) is 42.8. The van der Waals surface area contributed by atoms with Crippen molar-refractivity contribution in [1.29, 1.82) is 0 Å². The summed E-state index contributed by atoms with van der Waals surface area (Å²) in [6, 6.07) is 13.7. The van der Waals surface area contributed by atoms with Gasteiger partial charge in [-0.05, 0) is 131 Å². The number of nitrogens with one attached hydrogen (secondary N) is 4. The van der Waals surface area contributed by atoms with Crippen molar-refractivity contribution in [3.63, 3.8) is 0 Å². The van der Waals surface area contributed by atoms with E-state index in [0.717, 1.165) is 24.8 Å². The van der Waals surface area contributed by atoms with Crippen LogP contribution >= 0.6 is 0 Å². The summed E-state index contributed by atoms with van der Waals surface area (Å²) >= 11 is 0. The lowest BCUT2D eigenvalue weighted by atomic mass is 9.85. The molecule has 0 aromatic heterocycles. The van der Waals surface area contributed by atoms with Crippen molar-refractivity contribution in [3.05, 3.63) is 82.4 Å². The van der Waals surface area contributed by atoms with Crippen LogP contribution in [0.3, 0.4) is 0 Å². The largest absolute Gasteiger partial charge is 0.492 e. The summed E-state index contributed by atoms with van der Waals surface area (Å²) in [4.78, 5) is 98.0. The lowest BCUT2D eigenvalue weighted by Crippen LogP contribution is -2.47. The Morgan fingerprint density at radius 1 is 0.819 bits per heavy atom. The number of nitrogens with two attached hydrogens (primary N) is 4. The van der Waals surface area contributed by atoms with Gasteiger partial charge in [0.1, 0.15) is 30.8 Å². The van der Waals surface area contributed by atoms with Crippen molar-refractivity contribution >= 4 is 41.3 Å². The van der Waals surface area contributed by atoms with Crippen LogP contribution in [0.25, 0.3) is 11.1 Å². The molecule has 0 radical (unpaired) electrons. The van der Waals surface area contributed by atoms with E-state index in [4.69, 9.17) is 32.4 Å². The summed E-state index contributed by atoms with van der Waals surface area (Å²) in [6.45, 7) is 9.82. The number of hydrogen-bond acceptors (Lipinski definition) is 13. The SMILES string of the molecule is CCCCCCCc1ccc(C(=O)N[C@@H](CCN)C(=O)C(C)CC[C@@H]2C(=O)N[C@@H](C)C(=O)CCC[C@H](C(=O)N[C@@H](C)C(=O)NOC(N)=O)Cc3ccc(OCCN)c(c3)-c3cc2ccc3OCCN)c(C)c1. The van der Waals surface area contributed by atoms with E-state index in [2.05, 4.69) is 27.7 Å². The molecule has 4 rings (SSSR count). The fourth-order valence-electron chi connectivity index (χ4n) is 8.92. The first kappa shape index (κ1) is 58.2. The Balaban J connectivity index is 1.69. The van der Waals surface area contributed by atoms with E-state index < -0.39 is 59.7 Å². The molecule has 18 nitrogen and oxygen atoms in total. The Morgan fingerprint density at radius 2 is 1.50 bits per heavy atom. The molecule has 3 aromatic carbocycles. The maximum absolute atomic E-state index is 14.5. The second-order valence-electron chi connectivity index (χ2n) is 18.8. The molecule has 0 saturated carbocycles. The standard InChI is InChI=1S/C54H78N8O10/c1-6-7-8-9-10-12-37-16-20-41(34(3)29-37)52(67)61-45(23-24-55)49(64)33(2)15-19-42-39-18-22-48(71-28-26-57)44(32-39)43-31-38(17-21-47(43)70-27-25-56)30-40(13-11-14-46(63)35(4)59-53(42)68)51(66)60-36(5)50(65)62-72-54(58)69/h16-18,20-22,29,31-33,35-36,40,42,45H,6-15,19,23-28,30,55-57H2,1-5H3,(H2,58,69)(H,59,68)(H,60,66)(H,61,67)(H,62,65)/t33?,35-,36-,40-,42-,45-/m0/s1. The average molecular weight is 999 g/mol. The topological polar surface area (TPSA) is 299 Å². The summed E-state index contributed by atoms with van der Waals surface area (Å²) in [5.74, 6) is -3.84. The molecule has 72 heavy (non-hydrogen) atoms. The highest BCUT2D eigenvalue weighted by Crippen LogP contribution is 2.41. The predicted octanol–water partition coefficient (Wildman–Crippen LogP) is 5.11. The Kier molecular flexibility index (Phi) is 24.1. The number of carbonyl (C=O) groups excluding carboxylic acids is 7. The second-order valence-corrected chi connectivity index (χ2v) is 18.8. The molecule has 5 amide bonds. The smallest absolute Gasteiger partial charge is 0.428 e. The fourth-order valence-corrected chi connectivity index (χ4v) is 8.92. The fraction of sp³-hybridized carbons (Fsp3) is 0.537. The van der Waals surface area contributed by atoms with Gasteiger partial charge in [0.05, 0.1) is 18.0 Å². The summed E-state index contributed by atoms with van der Waals surface area (Å²) in [7, 11) is 0. The average Bonchev–Trinajstić information content (AvgIpc) is 3.35. The van der Waals surface area contributed by atoms with Gasteiger partial charge in [0.15, 0.2) is 11.6 Å². The van der Waals surface area contributed by atoms with Crippen LogP contribution in [0, 0.1) is 18.8 Å². The number of hydrogen-bond donors (Lipinski definition) is 8. The van der Waals surface area contributed by atoms with Crippen LogP contribution in [-0.2, 0) is 41.7 Å². The Bertz CT molecular complexity index is 2320. The number of fused-ring (bicyclic) bond motifs is 5. The molecule has 18 heteroatoms. The maximum atomic E-state index is 14.5. The number of carbonyl (C=O) groups is 7. The molecule has 6 atom stereocenters. The lowest BCUT2D eigenvalue weighted by molar-refractivity contribution is -0.135. The number of ketones is 2. The number of Topliss-reactive ketones (excluding diaryl/α,β-unsaturated/α-hetero) is 2. The second kappa shape index (κ2) is 29.8. The van der Waals surface area contributed by atoms with E-state index in [0.29, 0.717) is 39.3 Å². The lowest BCUT2D eigenvalue weighted by Gasteiger charge is -2.25. The highest BCUT2D eigenvalue weighted by Gasteiger charge is 2.32. The molecule has 0 saturated heterocycles. The van der Waals surface area contributed by atoms with E-state index >= 15 is 0 Å². The van der Waals surface area contributed by atoms with Gasteiger partial charge >= 0.3 is 6.09 Å². The van der Waals surface area contributed by atoms with Gasteiger partial charge in [0, 0.05) is 48.0 Å². The molecule has 12 N–H and O–H groups in total. The van der Waals surface area contributed by atoms with Crippen LogP contribution < -0.4 is 53.8 Å². The summed E-state index contributed by atoms with van der Waals surface area (Å²) in [5, 5.41) is 8.55. The van der Waals surface area contributed by atoms with E-state index in [1.165, 1.54) is 31.7 Å². The molecule has 1 heterocycles. The number of amides is 5. The van der Waals surface area contributed by atoms with Crippen LogP contribution in [0.4, 0.5) is 4.79 Å². The first-order valence-electron chi connectivity index (χ1n) is 25.5. The van der Waals surface area contributed by atoms with Gasteiger partial charge in [0.25, 0.3) is 11.8 Å². The highest BCUT2D eigenvalue weighted by molar-refractivity contribution is 5.99. The first-order chi connectivity index (χ1) is 34.5. The maximum Gasteiger partial charge on any atom is 0.428 e. The third-order valence-corrected chi connectivity index (χ3v) is 13.1. The molecule has 1 unspecified atom stereocenters. The van der Waals surface area contributed by atoms with Crippen molar-refractivity contribution in [1.82, 2.24) is 21.4 Å². The zero-order chi connectivity index (χ0) is 52.7. The van der Waals surface area contributed by atoms with Gasteiger partial charge in [-0.15, -0.1) is 0 Å². The number of hydroxylamine groups is 1. The minimum atomic E-state index is -1.23. The normalized spacial score (nSPS) is 17.4. The number of ether oxygens (including phenoxy) is 2. The van der Waals surface area contributed by atoms with E-state index in [9.17, 15) is 33.6 Å². The third-order valence-electron chi connectivity index (χ3n) is 13.1. The Morgan fingerprint density at radius 3 is 2.15 bits per heavy atom. The molecule has 4 bridgehead atoms. The molecular formula is C54H78N8O10. The molecule has 0 aliphatic carbocycles. The van der Waals surface area contributed by atoms with E-state index in [1.807, 2.05) is 48.8 Å². The van der Waals surface area contributed by atoms with Gasteiger partial charge in [-0.2, -0.15) is 5.48 Å². The van der Waals surface area contributed by atoms with Gasteiger partial charge in [-0.3, -0.25) is 28.8 Å². The number of unbranched alkanes of at least 4 members (excludes halogenated alkanes) is 4. The first-order valence-corrected chi connectivity index (χ1v) is 25.5. The van der Waals surface area contributed by atoms with Gasteiger partial charge in [-0.25, -0.2) is 4.79 Å².